The molecular formula is C11H17N3O4S. The minimum absolute atomic E-state index is 0.0363. The van der Waals surface area contributed by atoms with E-state index in [1.807, 2.05) is 0 Å². The maximum absolute atomic E-state index is 12.5. The number of carbonyl (C=O) groups is 1. The van der Waals surface area contributed by atoms with Crippen LogP contribution in [0.4, 0.5) is 0 Å². The Morgan fingerprint density at radius 3 is 2.79 bits per heavy atom. The molecule has 1 aliphatic heterocycles. The fraction of sp³-hybridized carbons (Fsp3) is 0.636. The first-order chi connectivity index (χ1) is 8.96. The quantitative estimate of drug-likeness (QED) is 0.738. The maximum atomic E-state index is 12.5. The third-order valence-corrected chi connectivity index (χ3v) is 4.98. The zero-order valence-corrected chi connectivity index (χ0v) is 11.8. The number of hydrogen-bond donors (Lipinski definition) is 0. The van der Waals surface area contributed by atoms with Crippen molar-refractivity contribution in [3.8, 4) is 0 Å². The second kappa shape index (κ2) is 5.30. The van der Waals surface area contributed by atoms with Gasteiger partial charge in [0.25, 0.3) is 10.0 Å². The number of piperidine rings is 1. The van der Waals surface area contributed by atoms with Gasteiger partial charge in [-0.3, -0.25) is 4.79 Å². The summed E-state index contributed by atoms with van der Waals surface area (Å²) in [7, 11) is -0.784. The summed E-state index contributed by atoms with van der Waals surface area (Å²) in [5.41, 5.74) is 0. The van der Waals surface area contributed by atoms with Crippen LogP contribution in [-0.4, -0.2) is 47.9 Å². The van der Waals surface area contributed by atoms with Gasteiger partial charge in [0.2, 0.25) is 0 Å². The lowest BCUT2D eigenvalue weighted by atomic mass is 10.1. The number of nitrogens with zero attached hydrogens (tertiary/aromatic N) is 3. The molecule has 2 heterocycles. The lowest BCUT2D eigenvalue weighted by Gasteiger charge is -2.31. The van der Waals surface area contributed by atoms with Gasteiger partial charge in [0.15, 0.2) is 5.03 Å². The molecule has 0 bridgehead atoms. The normalized spacial score (nSPS) is 21.3. The smallest absolute Gasteiger partial charge is 0.324 e. The average molecular weight is 287 g/mol. The minimum atomic E-state index is -3.74. The summed E-state index contributed by atoms with van der Waals surface area (Å²) in [5, 5.41) is -0.0363. The molecule has 1 saturated heterocycles. The summed E-state index contributed by atoms with van der Waals surface area (Å²) in [6.07, 6.45) is 4.88. The zero-order valence-electron chi connectivity index (χ0n) is 10.9. The van der Waals surface area contributed by atoms with Gasteiger partial charge in [-0.05, 0) is 19.3 Å². The molecule has 7 nitrogen and oxygen atoms in total. The van der Waals surface area contributed by atoms with Gasteiger partial charge in [0.1, 0.15) is 6.04 Å². The molecule has 0 radical (unpaired) electrons. The standard InChI is InChI=1S/C11H17N3O4S/c1-13-7-10(12-8-13)19(16,17)14-6-4-3-5-9(14)11(15)18-2/h7-9H,3-6H2,1-2H3/t9-/m1/s1. The average Bonchev–Trinajstić information content (AvgIpc) is 2.85. The minimum Gasteiger partial charge on any atom is -0.468 e. The number of imidazole rings is 1. The van der Waals surface area contributed by atoms with Crippen molar-refractivity contribution in [1.29, 1.82) is 0 Å². The van der Waals surface area contributed by atoms with E-state index in [0.717, 1.165) is 12.8 Å². The van der Waals surface area contributed by atoms with Crippen molar-refractivity contribution in [2.75, 3.05) is 13.7 Å². The summed E-state index contributed by atoms with van der Waals surface area (Å²) in [5.74, 6) is -0.515. The highest BCUT2D eigenvalue weighted by atomic mass is 32.2. The van der Waals surface area contributed by atoms with Crippen LogP contribution in [-0.2, 0) is 26.6 Å². The molecule has 1 atom stereocenters. The Bertz CT molecular complexity index is 566. The Balaban J connectivity index is 2.34. The van der Waals surface area contributed by atoms with Crippen LogP contribution in [0.3, 0.4) is 0 Å². The molecule has 0 aliphatic carbocycles. The van der Waals surface area contributed by atoms with E-state index in [-0.39, 0.29) is 5.03 Å². The molecule has 0 amide bonds. The third kappa shape index (κ3) is 2.64. The Hall–Kier alpha value is -1.41. The first kappa shape index (κ1) is 14.0. The number of methoxy groups -OCH3 is 1. The second-order valence-corrected chi connectivity index (χ2v) is 6.37. The SMILES string of the molecule is COC(=O)[C@H]1CCCCN1S(=O)(=O)c1cn(C)cn1. The summed E-state index contributed by atoms with van der Waals surface area (Å²) in [6.45, 7) is 0.318. The molecule has 2 rings (SSSR count). The van der Waals surface area contributed by atoms with Gasteiger partial charge in [-0.2, -0.15) is 4.31 Å². The van der Waals surface area contributed by atoms with E-state index >= 15 is 0 Å². The molecule has 106 valence electrons. The van der Waals surface area contributed by atoms with E-state index in [4.69, 9.17) is 0 Å². The highest BCUT2D eigenvalue weighted by Crippen LogP contribution is 2.25. The van der Waals surface area contributed by atoms with Crippen LogP contribution in [0.15, 0.2) is 17.6 Å². The number of carbonyl (C=O) groups excluding carboxylic acids is 1. The van der Waals surface area contributed by atoms with E-state index in [1.165, 1.54) is 23.9 Å². The van der Waals surface area contributed by atoms with Crippen molar-refractivity contribution >= 4 is 16.0 Å². The van der Waals surface area contributed by atoms with E-state index in [2.05, 4.69) is 9.72 Å². The van der Waals surface area contributed by atoms with Gasteiger partial charge in [-0.15, -0.1) is 0 Å². The second-order valence-electron chi connectivity index (χ2n) is 4.53. The van der Waals surface area contributed by atoms with Crippen LogP contribution < -0.4 is 0 Å². The van der Waals surface area contributed by atoms with Gasteiger partial charge in [0.05, 0.1) is 13.4 Å². The maximum Gasteiger partial charge on any atom is 0.324 e. The highest BCUT2D eigenvalue weighted by Gasteiger charge is 2.39. The van der Waals surface area contributed by atoms with Crippen LogP contribution in [0.25, 0.3) is 0 Å². The molecule has 0 unspecified atom stereocenters. The van der Waals surface area contributed by atoms with E-state index < -0.39 is 22.0 Å². The lowest BCUT2D eigenvalue weighted by molar-refractivity contribution is -0.146. The van der Waals surface area contributed by atoms with Crippen molar-refractivity contribution < 1.29 is 17.9 Å². The number of ether oxygens (including phenoxy) is 1. The van der Waals surface area contributed by atoms with Gasteiger partial charge in [-0.25, -0.2) is 13.4 Å². The van der Waals surface area contributed by atoms with Crippen LogP contribution in [0.2, 0.25) is 0 Å². The Labute approximate surface area is 112 Å². The molecule has 1 aliphatic rings. The number of esters is 1. The summed E-state index contributed by atoms with van der Waals surface area (Å²) >= 11 is 0. The molecule has 19 heavy (non-hydrogen) atoms. The van der Waals surface area contributed by atoms with Gasteiger partial charge in [-0.1, -0.05) is 0 Å². The molecular weight excluding hydrogens is 270 g/mol. The number of rotatable bonds is 3. The predicted molar refractivity (Wildman–Crippen MR) is 66.8 cm³/mol. The molecule has 1 aromatic rings. The van der Waals surface area contributed by atoms with Gasteiger partial charge >= 0.3 is 5.97 Å². The lowest BCUT2D eigenvalue weighted by Crippen LogP contribution is -2.48. The van der Waals surface area contributed by atoms with E-state index in [1.54, 1.807) is 11.6 Å². The molecule has 1 aromatic heterocycles. The van der Waals surface area contributed by atoms with Crippen LogP contribution in [0.5, 0.6) is 0 Å². The molecule has 1 fully saturated rings. The number of aromatic nitrogens is 2. The molecule has 0 spiro atoms. The monoisotopic (exact) mass is 287 g/mol. The van der Waals surface area contributed by atoms with Crippen LogP contribution in [0.1, 0.15) is 19.3 Å². The number of aryl methyl sites for hydroxylation is 1. The summed E-state index contributed by atoms with van der Waals surface area (Å²) in [4.78, 5) is 15.6. The van der Waals surface area contributed by atoms with E-state index in [9.17, 15) is 13.2 Å². The van der Waals surface area contributed by atoms with Gasteiger partial charge < -0.3 is 9.30 Å². The van der Waals surface area contributed by atoms with Crippen molar-refractivity contribution in [2.24, 2.45) is 7.05 Å². The summed E-state index contributed by atoms with van der Waals surface area (Å²) in [6, 6.07) is -0.745. The number of sulfonamides is 1. The Morgan fingerprint density at radius 1 is 1.47 bits per heavy atom. The van der Waals surface area contributed by atoms with Crippen molar-refractivity contribution in [2.45, 2.75) is 30.3 Å². The molecule has 0 aromatic carbocycles. The topological polar surface area (TPSA) is 81.5 Å². The van der Waals surface area contributed by atoms with Crippen molar-refractivity contribution in [3.05, 3.63) is 12.5 Å². The Kier molecular flexibility index (Phi) is 3.91. The van der Waals surface area contributed by atoms with Crippen LogP contribution >= 0.6 is 0 Å². The summed E-state index contributed by atoms with van der Waals surface area (Å²) < 4.78 is 32.4. The Morgan fingerprint density at radius 2 is 2.21 bits per heavy atom. The number of hydrogen-bond acceptors (Lipinski definition) is 5. The first-order valence-electron chi connectivity index (χ1n) is 6.04. The zero-order chi connectivity index (χ0) is 14.0. The predicted octanol–water partition coefficient (Wildman–Crippen LogP) is 0.136. The van der Waals surface area contributed by atoms with E-state index in [0.29, 0.717) is 13.0 Å². The van der Waals surface area contributed by atoms with Gasteiger partial charge in [0, 0.05) is 19.8 Å². The van der Waals surface area contributed by atoms with Crippen LogP contribution in [0, 0.1) is 0 Å². The first-order valence-corrected chi connectivity index (χ1v) is 7.48. The largest absolute Gasteiger partial charge is 0.468 e. The molecule has 0 saturated carbocycles. The molecule has 0 N–H and O–H groups in total. The van der Waals surface area contributed by atoms with Crippen molar-refractivity contribution in [3.63, 3.8) is 0 Å². The fourth-order valence-corrected chi connectivity index (χ4v) is 3.82. The third-order valence-electron chi connectivity index (χ3n) is 3.18. The molecule has 8 heteroatoms. The fourth-order valence-electron chi connectivity index (χ4n) is 2.21. The highest BCUT2D eigenvalue weighted by molar-refractivity contribution is 7.89. The van der Waals surface area contributed by atoms with Crippen molar-refractivity contribution in [1.82, 2.24) is 13.9 Å².